The van der Waals surface area contributed by atoms with Crippen LogP contribution in [0.5, 0.6) is 11.6 Å². The van der Waals surface area contributed by atoms with Crippen LogP contribution in [-0.2, 0) is 20.6 Å². The molecular weight excluding hydrogens is 507 g/mol. The van der Waals surface area contributed by atoms with Crippen LogP contribution in [0.2, 0.25) is 0 Å². The van der Waals surface area contributed by atoms with Gasteiger partial charge < -0.3 is 44.1 Å². The second kappa shape index (κ2) is 11.4. The lowest BCUT2D eigenvalue weighted by molar-refractivity contribution is -0.423. The van der Waals surface area contributed by atoms with E-state index >= 15 is 0 Å². The largest absolute Gasteiger partial charge is 0.508 e. The number of benzene rings is 1. The van der Waals surface area contributed by atoms with Crippen LogP contribution in [0.25, 0.3) is 0 Å². The van der Waals surface area contributed by atoms with E-state index in [0.717, 1.165) is 19.3 Å². The highest BCUT2D eigenvalue weighted by molar-refractivity contribution is 5.59. The SMILES string of the molecule is CCOC(=O)OC[C@H]1O[C@](O)(Oc2nn(C3CCC3)c(C)c2Cc2ccc(OC)cc2F)[C@H](O)[C@@H](O)[C@@H]1O. The first kappa shape index (κ1) is 28.0. The monoisotopic (exact) mass is 540 g/mol. The predicted octanol–water partition coefficient (Wildman–Crippen LogP) is 1.33. The summed E-state index contributed by atoms with van der Waals surface area (Å²) in [7, 11) is 1.43. The van der Waals surface area contributed by atoms with Crippen LogP contribution in [-0.4, -0.2) is 87.1 Å². The molecule has 1 saturated heterocycles. The summed E-state index contributed by atoms with van der Waals surface area (Å²) in [4.78, 5) is 11.6. The molecule has 0 spiro atoms. The molecule has 13 heteroatoms. The topological polar surface area (TPSA) is 162 Å². The summed E-state index contributed by atoms with van der Waals surface area (Å²) < 4.78 is 42.2. The van der Waals surface area contributed by atoms with Crippen molar-refractivity contribution < 1.29 is 53.3 Å². The molecule has 4 N–H and O–H groups in total. The molecule has 38 heavy (non-hydrogen) atoms. The summed E-state index contributed by atoms with van der Waals surface area (Å²) in [5.74, 6) is -3.21. The fraction of sp³-hybridized carbons (Fsp3) is 0.600. The molecule has 1 aliphatic carbocycles. The lowest BCUT2D eigenvalue weighted by atomic mass is 9.93. The minimum Gasteiger partial charge on any atom is -0.497 e. The second-order valence-corrected chi connectivity index (χ2v) is 9.34. The fourth-order valence-corrected chi connectivity index (χ4v) is 4.43. The standard InChI is InChI=1S/C25H33FN2O10/c1-4-35-24(32)36-12-19-20(29)21(30)22(31)25(33,37-19)38-23-17(13(2)28(27-23)15-6-5-7-15)10-14-8-9-16(34-3)11-18(14)26/h8-9,11,15,19-22,29-31,33H,4-7,10,12H2,1-3H3/t19-,20-,21+,22-,25+/m1/s1. The van der Waals surface area contributed by atoms with Crippen LogP contribution < -0.4 is 9.47 Å². The Bertz CT molecular complexity index is 1140. The first-order valence-corrected chi connectivity index (χ1v) is 12.4. The van der Waals surface area contributed by atoms with Gasteiger partial charge in [0.15, 0.2) is 6.10 Å². The summed E-state index contributed by atoms with van der Waals surface area (Å²) in [6, 6.07) is 4.49. The van der Waals surface area contributed by atoms with Crippen molar-refractivity contribution in [3.05, 3.63) is 40.8 Å². The first-order chi connectivity index (χ1) is 18.1. The van der Waals surface area contributed by atoms with Crippen molar-refractivity contribution in [1.82, 2.24) is 9.78 Å². The number of aliphatic hydroxyl groups is 4. The highest BCUT2D eigenvalue weighted by atomic mass is 19.1. The van der Waals surface area contributed by atoms with Crippen molar-refractivity contribution in [1.29, 1.82) is 0 Å². The first-order valence-electron chi connectivity index (χ1n) is 12.4. The number of nitrogens with zero attached hydrogens (tertiary/aromatic N) is 2. The molecule has 5 atom stereocenters. The number of carbonyl (C=O) groups is 1. The zero-order valence-electron chi connectivity index (χ0n) is 21.4. The highest BCUT2D eigenvalue weighted by Gasteiger charge is 2.56. The van der Waals surface area contributed by atoms with Gasteiger partial charge in [-0.2, -0.15) is 0 Å². The molecule has 2 aliphatic rings. The van der Waals surface area contributed by atoms with Crippen LogP contribution in [0.3, 0.4) is 0 Å². The maximum absolute atomic E-state index is 14.8. The summed E-state index contributed by atoms with van der Waals surface area (Å²) in [6.45, 7) is 2.78. The molecule has 12 nitrogen and oxygen atoms in total. The third kappa shape index (κ3) is 5.57. The summed E-state index contributed by atoms with van der Waals surface area (Å²) >= 11 is 0. The van der Waals surface area contributed by atoms with E-state index in [4.69, 9.17) is 18.9 Å². The number of aliphatic hydroxyl groups excluding tert-OH is 3. The number of carbonyl (C=O) groups excluding carboxylic acids is 1. The van der Waals surface area contributed by atoms with Gasteiger partial charge in [-0.3, -0.25) is 4.68 Å². The van der Waals surface area contributed by atoms with E-state index in [1.54, 1.807) is 30.7 Å². The summed E-state index contributed by atoms with van der Waals surface area (Å²) in [6.07, 6.45) is -5.54. The second-order valence-electron chi connectivity index (χ2n) is 9.34. The Hall–Kier alpha value is -2.97. The Balaban J connectivity index is 1.63. The number of methoxy groups -OCH3 is 1. The summed E-state index contributed by atoms with van der Waals surface area (Å²) in [5, 5.41) is 47.0. The van der Waals surface area contributed by atoms with Gasteiger partial charge in [-0.15, -0.1) is 5.10 Å². The fourth-order valence-electron chi connectivity index (χ4n) is 4.43. The number of ether oxygens (including phenoxy) is 5. The summed E-state index contributed by atoms with van der Waals surface area (Å²) in [5.41, 5.74) is 1.39. The maximum atomic E-state index is 14.8. The molecule has 0 unspecified atom stereocenters. The lowest BCUT2D eigenvalue weighted by Gasteiger charge is -2.44. The zero-order chi connectivity index (χ0) is 27.6. The van der Waals surface area contributed by atoms with Crippen molar-refractivity contribution in [2.24, 2.45) is 0 Å². The van der Waals surface area contributed by atoms with Gasteiger partial charge in [0, 0.05) is 23.7 Å². The molecule has 4 rings (SSSR count). The third-order valence-corrected chi connectivity index (χ3v) is 6.90. The van der Waals surface area contributed by atoms with E-state index in [-0.39, 0.29) is 24.9 Å². The molecule has 2 fully saturated rings. The van der Waals surface area contributed by atoms with Crippen molar-refractivity contribution in [3.8, 4) is 11.6 Å². The van der Waals surface area contributed by atoms with Crippen LogP contribution in [0.4, 0.5) is 9.18 Å². The van der Waals surface area contributed by atoms with E-state index in [2.05, 4.69) is 9.84 Å². The van der Waals surface area contributed by atoms with Gasteiger partial charge in [0.25, 0.3) is 0 Å². The van der Waals surface area contributed by atoms with E-state index < -0.39 is 49.0 Å². The molecule has 0 bridgehead atoms. The highest BCUT2D eigenvalue weighted by Crippen LogP contribution is 2.38. The van der Waals surface area contributed by atoms with Crippen LogP contribution >= 0.6 is 0 Å². The van der Waals surface area contributed by atoms with Crippen LogP contribution in [0.1, 0.15) is 49.0 Å². The number of hydrogen-bond donors (Lipinski definition) is 4. The Kier molecular flexibility index (Phi) is 8.43. The van der Waals surface area contributed by atoms with Crippen molar-refractivity contribution in [2.45, 2.75) is 76.0 Å². The van der Waals surface area contributed by atoms with Gasteiger partial charge in [0.2, 0.25) is 5.88 Å². The molecule has 1 aromatic heterocycles. The van der Waals surface area contributed by atoms with Gasteiger partial charge in [0.1, 0.15) is 36.5 Å². The Morgan fingerprint density at radius 3 is 2.58 bits per heavy atom. The van der Waals surface area contributed by atoms with E-state index in [1.807, 2.05) is 0 Å². The lowest BCUT2D eigenvalue weighted by Crippen LogP contribution is -2.67. The van der Waals surface area contributed by atoms with Gasteiger partial charge in [-0.05, 0) is 44.7 Å². The van der Waals surface area contributed by atoms with Crippen molar-refractivity contribution in [3.63, 3.8) is 0 Å². The average molecular weight is 541 g/mol. The normalized spacial score (nSPS) is 27.5. The molecule has 2 aromatic rings. The number of hydrogen-bond acceptors (Lipinski definition) is 11. The van der Waals surface area contributed by atoms with Crippen molar-refractivity contribution in [2.75, 3.05) is 20.3 Å². The number of aromatic nitrogens is 2. The molecular formula is C25H33FN2O10. The third-order valence-electron chi connectivity index (χ3n) is 6.90. The van der Waals surface area contributed by atoms with E-state index in [1.165, 1.54) is 13.2 Å². The van der Waals surface area contributed by atoms with E-state index in [0.29, 0.717) is 22.6 Å². The van der Waals surface area contributed by atoms with Crippen LogP contribution in [0.15, 0.2) is 18.2 Å². The van der Waals surface area contributed by atoms with Crippen molar-refractivity contribution >= 4 is 6.16 Å². The molecule has 1 aromatic carbocycles. The molecule has 210 valence electrons. The molecule has 0 radical (unpaired) electrons. The Morgan fingerprint density at radius 1 is 1.24 bits per heavy atom. The number of halogens is 1. The number of rotatable bonds is 9. The molecule has 1 saturated carbocycles. The minimum atomic E-state index is -2.89. The van der Waals surface area contributed by atoms with Gasteiger partial charge in [-0.1, -0.05) is 6.07 Å². The smallest absolute Gasteiger partial charge is 0.497 e. The molecule has 2 heterocycles. The Labute approximate surface area is 218 Å². The average Bonchev–Trinajstić information content (AvgIpc) is 3.13. The molecule has 1 aliphatic heterocycles. The van der Waals surface area contributed by atoms with Crippen LogP contribution in [0, 0.1) is 12.7 Å². The van der Waals surface area contributed by atoms with Gasteiger partial charge >= 0.3 is 12.1 Å². The van der Waals surface area contributed by atoms with Gasteiger partial charge in [0.05, 0.1) is 19.8 Å². The quantitative estimate of drug-likeness (QED) is 0.268. The predicted molar refractivity (Wildman–Crippen MR) is 127 cm³/mol. The van der Waals surface area contributed by atoms with E-state index in [9.17, 15) is 29.6 Å². The maximum Gasteiger partial charge on any atom is 0.508 e. The Morgan fingerprint density at radius 2 is 1.97 bits per heavy atom. The zero-order valence-corrected chi connectivity index (χ0v) is 21.4. The van der Waals surface area contributed by atoms with Gasteiger partial charge in [-0.25, -0.2) is 9.18 Å². The minimum absolute atomic E-state index is 0.0243. The molecule has 0 amide bonds.